The molecule has 16 heavy (non-hydrogen) atoms. The molecular weight excluding hydrogens is 202 g/mol. The second kappa shape index (κ2) is 6.45. The van der Waals surface area contributed by atoms with Crippen LogP contribution >= 0.6 is 0 Å². The molecule has 1 N–H and O–H groups in total. The Labute approximate surface area is 95.4 Å². The zero-order valence-electron chi connectivity index (χ0n) is 9.27. The largest absolute Gasteiger partial charge is 0.466 e. The van der Waals surface area contributed by atoms with Gasteiger partial charge in [-0.2, -0.15) is 0 Å². The van der Waals surface area contributed by atoms with Gasteiger partial charge in [-0.05, 0) is 5.56 Å². The highest BCUT2D eigenvalue weighted by atomic mass is 16.5. The average molecular weight is 217 g/mol. The molecule has 1 aromatic rings. The zero-order valence-corrected chi connectivity index (χ0v) is 9.27. The molecule has 0 aliphatic heterocycles. The molecule has 0 radical (unpaired) electrons. The maximum atomic E-state index is 11.2. The Bertz CT molecular complexity index is 382. The van der Waals surface area contributed by atoms with Gasteiger partial charge in [-0.15, -0.1) is 6.58 Å². The van der Waals surface area contributed by atoms with Crippen LogP contribution in [-0.2, 0) is 9.53 Å². The van der Waals surface area contributed by atoms with Crippen LogP contribution in [0.2, 0.25) is 0 Å². The molecule has 0 aliphatic rings. The number of benzene rings is 1. The van der Waals surface area contributed by atoms with Crippen molar-refractivity contribution in [3.05, 3.63) is 54.6 Å². The Balaban J connectivity index is 2.91. The van der Waals surface area contributed by atoms with Crippen LogP contribution in [0.15, 0.2) is 49.1 Å². The van der Waals surface area contributed by atoms with Gasteiger partial charge in [-0.25, -0.2) is 4.79 Å². The van der Waals surface area contributed by atoms with Crippen molar-refractivity contribution in [3.8, 4) is 0 Å². The Morgan fingerprint density at radius 3 is 2.69 bits per heavy atom. The van der Waals surface area contributed by atoms with E-state index in [1.54, 1.807) is 6.08 Å². The van der Waals surface area contributed by atoms with Crippen LogP contribution in [0.5, 0.6) is 0 Å². The van der Waals surface area contributed by atoms with Gasteiger partial charge in [-0.1, -0.05) is 36.4 Å². The molecule has 1 rings (SSSR count). The van der Waals surface area contributed by atoms with E-state index in [2.05, 4.69) is 16.6 Å². The SMILES string of the molecule is C=CCN/C(=C\C(=O)OC)c1ccccc1. The van der Waals surface area contributed by atoms with Gasteiger partial charge in [0.15, 0.2) is 0 Å². The number of hydrogen-bond acceptors (Lipinski definition) is 3. The van der Waals surface area contributed by atoms with Gasteiger partial charge >= 0.3 is 5.97 Å². The fourth-order valence-electron chi connectivity index (χ4n) is 1.21. The van der Waals surface area contributed by atoms with E-state index in [-0.39, 0.29) is 5.97 Å². The number of nitrogens with one attached hydrogen (secondary N) is 1. The highest BCUT2D eigenvalue weighted by Gasteiger charge is 2.03. The van der Waals surface area contributed by atoms with Crippen molar-refractivity contribution < 1.29 is 9.53 Å². The first-order valence-corrected chi connectivity index (χ1v) is 4.97. The molecule has 0 spiro atoms. The van der Waals surface area contributed by atoms with E-state index in [0.717, 1.165) is 11.3 Å². The predicted molar refractivity (Wildman–Crippen MR) is 64.6 cm³/mol. The maximum Gasteiger partial charge on any atom is 0.332 e. The van der Waals surface area contributed by atoms with E-state index in [1.807, 2.05) is 30.3 Å². The first kappa shape index (κ1) is 12.0. The minimum absolute atomic E-state index is 0.379. The summed E-state index contributed by atoms with van der Waals surface area (Å²) in [5.74, 6) is -0.379. The third-order valence-corrected chi connectivity index (χ3v) is 1.99. The predicted octanol–water partition coefficient (Wildman–Crippen LogP) is 1.98. The fourth-order valence-corrected chi connectivity index (χ4v) is 1.21. The van der Waals surface area contributed by atoms with Crippen molar-refractivity contribution >= 4 is 11.7 Å². The van der Waals surface area contributed by atoms with Crippen LogP contribution < -0.4 is 5.32 Å². The summed E-state index contributed by atoms with van der Waals surface area (Å²) in [6, 6.07) is 9.59. The van der Waals surface area contributed by atoms with E-state index in [1.165, 1.54) is 13.2 Å². The van der Waals surface area contributed by atoms with Crippen LogP contribution in [-0.4, -0.2) is 19.6 Å². The van der Waals surface area contributed by atoms with E-state index in [9.17, 15) is 4.79 Å². The lowest BCUT2D eigenvalue weighted by atomic mass is 10.1. The molecule has 3 heteroatoms. The normalized spacial score (nSPS) is 10.7. The molecule has 0 bridgehead atoms. The third kappa shape index (κ3) is 3.61. The first-order chi connectivity index (χ1) is 7.77. The highest BCUT2D eigenvalue weighted by molar-refractivity contribution is 5.90. The number of carbonyl (C=O) groups excluding carboxylic acids is 1. The maximum absolute atomic E-state index is 11.2. The second-order valence-electron chi connectivity index (χ2n) is 3.12. The van der Waals surface area contributed by atoms with Crippen molar-refractivity contribution in [2.24, 2.45) is 0 Å². The molecule has 0 heterocycles. The average Bonchev–Trinajstić information content (AvgIpc) is 2.35. The van der Waals surface area contributed by atoms with Gasteiger partial charge in [0, 0.05) is 18.3 Å². The fraction of sp³-hybridized carbons (Fsp3) is 0.154. The lowest BCUT2D eigenvalue weighted by Gasteiger charge is -2.08. The molecule has 0 amide bonds. The van der Waals surface area contributed by atoms with Crippen molar-refractivity contribution in [2.75, 3.05) is 13.7 Å². The number of methoxy groups -OCH3 is 1. The van der Waals surface area contributed by atoms with E-state index >= 15 is 0 Å². The van der Waals surface area contributed by atoms with Gasteiger partial charge < -0.3 is 10.1 Å². The lowest BCUT2D eigenvalue weighted by Crippen LogP contribution is -2.13. The molecule has 0 saturated heterocycles. The molecule has 0 atom stereocenters. The van der Waals surface area contributed by atoms with Crippen LogP contribution in [0.25, 0.3) is 5.70 Å². The summed E-state index contributed by atoms with van der Waals surface area (Å²) < 4.78 is 4.60. The standard InChI is InChI=1S/C13H15NO2/c1-3-9-14-12(10-13(15)16-2)11-7-5-4-6-8-11/h3-8,10,14H,1,9H2,2H3/b12-10-. The zero-order chi connectivity index (χ0) is 11.8. The molecular formula is C13H15NO2. The number of hydrogen-bond donors (Lipinski definition) is 1. The molecule has 0 fully saturated rings. The van der Waals surface area contributed by atoms with Crippen molar-refractivity contribution in [1.29, 1.82) is 0 Å². The van der Waals surface area contributed by atoms with Crippen molar-refractivity contribution in [2.45, 2.75) is 0 Å². The number of ether oxygens (including phenoxy) is 1. The van der Waals surface area contributed by atoms with Gasteiger partial charge in [0.25, 0.3) is 0 Å². The van der Waals surface area contributed by atoms with E-state index in [0.29, 0.717) is 6.54 Å². The van der Waals surface area contributed by atoms with Crippen LogP contribution in [0, 0.1) is 0 Å². The quantitative estimate of drug-likeness (QED) is 0.465. The van der Waals surface area contributed by atoms with E-state index in [4.69, 9.17) is 0 Å². The summed E-state index contributed by atoms with van der Waals surface area (Å²) in [4.78, 5) is 11.2. The summed E-state index contributed by atoms with van der Waals surface area (Å²) >= 11 is 0. The van der Waals surface area contributed by atoms with E-state index < -0.39 is 0 Å². The Hall–Kier alpha value is -2.03. The topological polar surface area (TPSA) is 38.3 Å². The first-order valence-electron chi connectivity index (χ1n) is 4.97. The summed E-state index contributed by atoms with van der Waals surface area (Å²) in [6.45, 7) is 4.21. The van der Waals surface area contributed by atoms with Crippen LogP contribution in [0.3, 0.4) is 0 Å². The summed E-state index contributed by atoms with van der Waals surface area (Å²) in [7, 11) is 1.36. The number of esters is 1. The minimum atomic E-state index is -0.379. The lowest BCUT2D eigenvalue weighted by molar-refractivity contribution is -0.134. The molecule has 0 unspecified atom stereocenters. The third-order valence-electron chi connectivity index (χ3n) is 1.99. The highest BCUT2D eigenvalue weighted by Crippen LogP contribution is 2.10. The van der Waals surface area contributed by atoms with Gasteiger partial charge in [0.2, 0.25) is 0 Å². The van der Waals surface area contributed by atoms with Crippen molar-refractivity contribution in [3.63, 3.8) is 0 Å². The van der Waals surface area contributed by atoms with Crippen LogP contribution in [0.4, 0.5) is 0 Å². The molecule has 3 nitrogen and oxygen atoms in total. The molecule has 84 valence electrons. The molecule has 0 aliphatic carbocycles. The summed E-state index contributed by atoms with van der Waals surface area (Å²) in [5, 5.41) is 3.09. The Morgan fingerprint density at radius 1 is 1.44 bits per heavy atom. The second-order valence-corrected chi connectivity index (χ2v) is 3.12. The van der Waals surface area contributed by atoms with Gasteiger partial charge in [0.1, 0.15) is 0 Å². The molecule has 1 aromatic carbocycles. The summed E-state index contributed by atoms with van der Waals surface area (Å²) in [5.41, 5.74) is 1.67. The molecule has 0 saturated carbocycles. The molecule has 0 aromatic heterocycles. The Morgan fingerprint density at radius 2 is 2.12 bits per heavy atom. The Kier molecular flexibility index (Phi) is 4.86. The van der Waals surface area contributed by atoms with Gasteiger partial charge in [0.05, 0.1) is 7.11 Å². The smallest absolute Gasteiger partial charge is 0.332 e. The summed E-state index contributed by atoms with van der Waals surface area (Å²) in [6.07, 6.45) is 3.16. The number of rotatable bonds is 5. The number of carbonyl (C=O) groups is 1. The van der Waals surface area contributed by atoms with Crippen molar-refractivity contribution in [1.82, 2.24) is 5.32 Å². The monoisotopic (exact) mass is 217 g/mol. The van der Waals surface area contributed by atoms with Gasteiger partial charge in [-0.3, -0.25) is 0 Å². The van der Waals surface area contributed by atoms with Crippen LogP contribution in [0.1, 0.15) is 5.56 Å². The minimum Gasteiger partial charge on any atom is -0.466 e.